The van der Waals surface area contributed by atoms with Crippen molar-refractivity contribution in [3.8, 4) is 5.75 Å². The molecule has 2 aromatic carbocycles. The highest BCUT2D eigenvalue weighted by Gasteiger charge is 2.11. The van der Waals surface area contributed by atoms with Crippen molar-refractivity contribution in [2.24, 2.45) is 0 Å². The molecule has 0 aliphatic heterocycles. The van der Waals surface area contributed by atoms with E-state index in [2.05, 4.69) is 6.58 Å². The summed E-state index contributed by atoms with van der Waals surface area (Å²) < 4.78 is 6.06. The topological polar surface area (TPSA) is 26.3 Å². The van der Waals surface area contributed by atoms with Gasteiger partial charge in [0.15, 0.2) is 5.78 Å². The van der Waals surface area contributed by atoms with E-state index in [1.54, 1.807) is 6.92 Å². The molecule has 0 bridgehead atoms. The van der Waals surface area contributed by atoms with Gasteiger partial charge >= 0.3 is 0 Å². The number of carbonyl (C=O) groups excluding carboxylic acids is 1. The van der Waals surface area contributed by atoms with Crippen molar-refractivity contribution in [2.75, 3.05) is 0 Å². The average molecular weight is 280 g/mol. The van der Waals surface area contributed by atoms with Gasteiger partial charge in [0, 0.05) is 5.56 Å². The quantitative estimate of drug-likeness (QED) is 0.563. The summed E-state index contributed by atoms with van der Waals surface area (Å²) in [6.07, 6.45) is 2.45. The van der Waals surface area contributed by atoms with Crippen molar-refractivity contribution < 1.29 is 9.53 Å². The van der Waals surface area contributed by atoms with Crippen molar-refractivity contribution >= 4 is 5.78 Å². The summed E-state index contributed by atoms with van der Waals surface area (Å²) in [5.74, 6) is 0.860. The molecule has 0 heterocycles. The summed E-state index contributed by atoms with van der Waals surface area (Å²) in [5, 5.41) is 0. The third kappa shape index (κ3) is 3.82. The number of rotatable bonds is 6. The van der Waals surface area contributed by atoms with Crippen LogP contribution in [0.4, 0.5) is 0 Å². The highest BCUT2D eigenvalue weighted by Crippen LogP contribution is 2.27. The van der Waals surface area contributed by atoms with Crippen molar-refractivity contribution in [3.05, 3.63) is 77.9 Å². The Hall–Kier alpha value is -2.35. The van der Waals surface area contributed by atoms with Crippen molar-refractivity contribution in [2.45, 2.75) is 26.4 Å². The minimum Gasteiger partial charge on any atom is -0.486 e. The van der Waals surface area contributed by atoms with Gasteiger partial charge in [-0.1, -0.05) is 36.4 Å². The number of benzene rings is 2. The Morgan fingerprint density at radius 2 is 1.95 bits per heavy atom. The summed E-state index contributed by atoms with van der Waals surface area (Å²) in [6, 6.07) is 15.6. The monoisotopic (exact) mass is 280 g/mol. The summed E-state index contributed by atoms with van der Waals surface area (Å²) in [4.78, 5) is 11.5. The van der Waals surface area contributed by atoms with Crippen LogP contribution < -0.4 is 4.74 Å². The maximum Gasteiger partial charge on any atom is 0.159 e. The standard InChI is InChI=1S/C19H20O2/c1-4-8-18-13-17(14(2)20)11-12-19(18)21-15(3)16-9-6-5-7-10-16/h4-7,9-13,15H,1,8H2,2-3H3. The smallest absolute Gasteiger partial charge is 0.159 e. The Balaban J connectivity index is 2.26. The molecule has 0 fully saturated rings. The number of hydrogen-bond donors (Lipinski definition) is 0. The van der Waals surface area contributed by atoms with E-state index in [9.17, 15) is 4.79 Å². The molecule has 0 aromatic heterocycles. The molecule has 0 radical (unpaired) electrons. The van der Waals surface area contributed by atoms with Crippen molar-refractivity contribution in [3.63, 3.8) is 0 Å². The number of allylic oxidation sites excluding steroid dienone is 1. The van der Waals surface area contributed by atoms with Crippen molar-refractivity contribution in [1.29, 1.82) is 0 Å². The minimum atomic E-state index is -0.0436. The predicted molar refractivity (Wildman–Crippen MR) is 85.8 cm³/mol. The highest BCUT2D eigenvalue weighted by molar-refractivity contribution is 5.94. The summed E-state index contributed by atoms with van der Waals surface area (Å²) in [6.45, 7) is 7.36. The molecular weight excluding hydrogens is 260 g/mol. The molecule has 21 heavy (non-hydrogen) atoms. The molecular formula is C19H20O2. The number of ketones is 1. The summed E-state index contributed by atoms with van der Waals surface area (Å²) >= 11 is 0. The van der Waals surface area contributed by atoms with Crippen LogP contribution in [0.25, 0.3) is 0 Å². The van der Waals surface area contributed by atoms with Gasteiger partial charge in [-0.3, -0.25) is 4.79 Å². The minimum absolute atomic E-state index is 0.0436. The molecule has 0 amide bonds. The lowest BCUT2D eigenvalue weighted by molar-refractivity contribution is 0.101. The van der Waals surface area contributed by atoms with Crippen LogP contribution in [-0.4, -0.2) is 5.78 Å². The second-order valence-electron chi connectivity index (χ2n) is 5.04. The molecule has 0 aliphatic carbocycles. The van der Waals surface area contributed by atoms with Crippen molar-refractivity contribution in [1.82, 2.24) is 0 Å². The Morgan fingerprint density at radius 1 is 1.24 bits per heavy atom. The lowest BCUT2D eigenvalue weighted by Gasteiger charge is -2.18. The van der Waals surface area contributed by atoms with Gasteiger partial charge in [-0.15, -0.1) is 6.58 Å². The van der Waals surface area contributed by atoms with Gasteiger partial charge in [-0.25, -0.2) is 0 Å². The van der Waals surface area contributed by atoms with Crippen LogP contribution >= 0.6 is 0 Å². The second-order valence-corrected chi connectivity index (χ2v) is 5.04. The fraction of sp³-hybridized carbons (Fsp3) is 0.211. The Kier molecular flexibility index (Phi) is 4.94. The van der Waals surface area contributed by atoms with Gasteiger partial charge in [-0.2, -0.15) is 0 Å². The molecule has 0 saturated carbocycles. The maximum atomic E-state index is 11.5. The van der Waals surface area contributed by atoms with Gasteiger partial charge in [-0.05, 0) is 49.6 Å². The molecule has 2 nitrogen and oxygen atoms in total. The Morgan fingerprint density at radius 3 is 2.57 bits per heavy atom. The third-order valence-corrected chi connectivity index (χ3v) is 3.40. The molecule has 1 atom stereocenters. The summed E-state index contributed by atoms with van der Waals surface area (Å²) in [5.41, 5.74) is 2.81. The molecule has 0 spiro atoms. The van der Waals surface area contributed by atoms with E-state index in [0.29, 0.717) is 12.0 Å². The number of hydrogen-bond acceptors (Lipinski definition) is 2. The van der Waals surface area contributed by atoms with E-state index in [4.69, 9.17) is 4.74 Å². The Labute approximate surface area is 126 Å². The van der Waals surface area contributed by atoms with E-state index in [0.717, 1.165) is 16.9 Å². The predicted octanol–water partition coefficient (Wildman–Crippen LogP) is 4.76. The van der Waals surface area contributed by atoms with Crippen LogP contribution in [0, 0.1) is 0 Å². The van der Waals surface area contributed by atoms with Crippen LogP contribution in [0.3, 0.4) is 0 Å². The first-order chi connectivity index (χ1) is 10.1. The van der Waals surface area contributed by atoms with E-state index in [-0.39, 0.29) is 11.9 Å². The molecule has 108 valence electrons. The zero-order valence-electron chi connectivity index (χ0n) is 12.5. The number of Topliss-reactive ketones (excluding diaryl/α,β-unsaturated/α-hetero) is 1. The first-order valence-electron chi connectivity index (χ1n) is 7.08. The molecule has 0 aliphatic rings. The van der Waals surface area contributed by atoms with Crippen LogP contribution in [-0.2, 0) is 6.42 Å². The molecule has 0 N–H and O–H groups in total. The van der Waals surface area contributed by atoms with Gasteiger partial charge < -0.3 is 4.74 Å². The maximum absolute atomic E-state index is 11.5. The van der Waals surface area contributed by atoms with Gasteiger partial charge in [0.25, 0.3) is 0 Å². The van der Waals surface area contributed by atoms with Gasteiger partial charge in [0.1, 0.15) is 11.9 Å². The lowest BCUT2D eigenvalue weighted by atomic mass is 10.0. The second kappa shape index (κ2) is 6.89. The third-order valence-electron chi connectivity index (χ3n) is 3.40. The first-order valence-corrected chi connectivity index (χ1v) is 7.08. The number of ether oxygens (including phenoxy) is 1. The highest BCUT2D eigenvalue weighted by atomic mass is 16.5. The molecule has 0 saturated heterocycles. The zero-order chi connectivity index (χ0) is 15.2. The van der Waals surface area contributed by atoms with Crippen LogP contribution in [0.1, 0.15) is 41.4 Å². The molecule has 2 aromatic rings. The molecule has 2 heteroatoms. The van der Waals surface area contributed by atoms with Crippen LogP contribution in [0.15, 0.2) is 61.2 Å². The normalized spacial score (nSPS) is 11.7. The van der Waals surface area contributed by atoms with Gasteiger partial charge in [0.05, 0.1) is 0 Å². The fourth-order valence-corrected chi connectivity index (χ4v) is 2.21. The largest absolute Gasteiger partial charge is 0.486 e. The molecule has 2 rings (SSSR count). The number of carbonyl (C=O) groups is 1. The molecule has 1 unspecified atom stereocenters. The zero-order valence-corrected chi connectivity index (χ0v) is 12.5. The van der Waals surface area contributed by atoms with E-state index < -0.39 is 0 Å². The first kappa shape index (κ1) is 15.0. The van der Waals surface area contributed by atoms with Crippen LogP contribution in [0.2, 0.25) is 0 Å². The van der Waals surface area contributed by atoms with E-state index in [1.165, 1.54) is 0 Å². The fourth-order valence-electron chi connectivity index (χ4n) is 2.21. The van der Waals surface area contributed by atoms with E-state index >= 15 is 0 Å². The average Bonchev–Trinajstić information content (AvgIpc) is 2.50. The van der Waals surface area contributed by atoms with Crippen LogP contribution in [0.5, 0.6) is 5.75 Å². The SMILES string of the molecule is C=CCc1cc(C(C)=O)ccc1OC(C)c1ccccc1. The Bertz CT molecular complexity index is 629. The van der Waals surface area contributed by atoms with E-state index in [1.807, 2.05) is 61.5 Å². The summed E-state index contributed by atoms with van der Waals surface area (Å²) in [7, 11) is 0. The van der Waals surface area contributed by atoms with Gasteiger partial charge in [0.2, 0.25) is 0 Å². The lowest BCUT2D eigenvalue weighted by Crippen LogP contribution is -2.05.